The van der Waals surface area contributed by atoms with Crippen molar-refractivity contribution in [2.24, 2.45) is 0 Å². The second kappa shape index (κ2) is 4.36. The van der Waals surface area contributed by atoms with Gasteiger partial charge < -0.3 is 9.84 Å². The molecular weight excluding hydrogens is 204 g/mol. The van der Waals surface area contributed by atoms with Crippen molar-refractivity contribution in [3.8, 4) is 5.75 Å². The number of ether oxygens (including phenoxy) is 1. The molecule has 80 valence electrons. The second-order valence-corrected chi connectivity index (χ2v) is 2.68. The van der Waals surface area contributed by atoms with Crippen LogP contribution in [0.25, 0.3) is 0 Å². The number of nitrogens with zero attached hydrogens (tertiary/aromatic N) is 2. The van der Waals surface area contributed by atoms with Crippen LogP contribution >= 0.6 is 0 Å². The van der Waals surface area contributed by atoms with E-state index in [4.69, 9.17) is 0 Å². The van der Waals surface area contributed by atoms with Crippen LogP contribution in [0.5, 0.6) is 5.75 Å². The number of hydrogen-bond acceptors (Lipinski definition) is 6. The molecule has 7 heteroatoms. The number of pyridine rings is 1. The first-order chi connectivity index (χ1) is 7.06. The summed E-state index contributed by atoms with van der Waals surface area (Å²) in [6.07, 6.45) is 1.79. The van der Waals surface area contributed by atoms with Gasteiger partial charge in [-0.25, -0.2) is 0 Å². The Kier molecular flexibility index (Phi) is 3.17. The van der Waals surface area contributed by atoms with Gasteiger partial charge in [0.1, 0.15) is 0 Å². The lowest BCUT2D eigenvalue weighted by atomic mass is 10.1. The zero-order valence-corrected chi connectivity index (χ0v) is 7.84. The zero-order chi connectivity index (χ0) is 11.4. The highest BCUT2D eigenvalue weighted by molar-refractivity contribution is 5.74. The van der Waals surface area contributed by atoms with E-state index in [1.165, 1.54) is 7.11 Å². The van der Waals surface area contributed by atoms with Crippen LogP contribution in [0.4, 0.5) is 5.69 Å². The quantitative estimate of drug-likeness (QED) is 0.442. The predicted molar refractivity (Wildman–Crippen MR) is 48.3 cm³/mol. The molecule has 0 aliphatic carbocycles. The maximum atomic E-state index is 10.9. The van der Waals surface area contributed by atoms with E-state index in [9.17, 15) is 20.0 Å². The lowest BCUT2D eigenvalue weighted by molar-refractivity contribution is -0.386. The van der Waals surface area contributed by atoms with Crippen molar-refractivity contribution in [3.63, 3.8) is 0 Å². The van der Waals surface area contributed by atoms with Crippen molar-refractivity contribution in [2.45, 2.75) is 6.42 Å². The molecule has 0 radical (unpaired) electrons. The smallest absolute Gasteiger partial charge is 0.317 e. The number of hydrogen-bond donors (Lipinski definition) is 1. The SMILES string of the molecule is COC(=O)Cc1cncc(O)c1[N+](=O)[O-]. The minimum Gasteiger partial charge on any atom is -0.501 e. The van der Waals surface area contributed by atoms with Gasteiger partial charge in [-0.1, -0.05) is 0 Å². The lowest BCUT2D eigenvalue weighted by Crippen LogP contribution is -2.07. The van der Waals surface area contributed by atoms with Gasteiger partial charge in [-0.2, -0.15) is 0 Å². The first-order valence-electron chi connectivity index (χ1n) is 3.93. The van der Waals surface area contributed by atoms with Crippen molar-refractivity contribution in [1.29, 1.82) is 0 Å². The highest BCUT2D eigenvalue weighted by atomic mass is 16.6. The molecule has 0 amide bonds. The Hall–Kier alpha value is -2.18. The van der Waals surface area contributed by atoms with E-state index in [1.54, 1.807) is 0 Å². The van der Waals surface area contributed by atoms with E-state index < -0.39 is 22.3 Å². The molecule has 7 nitrogen and oxygen atoms in total. The first-order valence-corrected chi connectivity index (χ1v) is 3.93. The van der Waals surface area contributed by atoms with E-state index in [2.05, 4.69) is 9.72 Å². The van der Waals surface area contributed by atoms with Gasteiger partial charge in [0.05, 0.1) is 30.2 Å². The Morgan fingerprint density at radius 1 is 1.67 bits per heavy atom. The molecule has 1 rings (SSSR count). The molecule has 0 bridgehead atoms. The number of aromatic hydroxyl groups is 1. The van der Waals surface area contributed by atoms with Crippen LogP contribution in [0.15, 0.2) is 12.4 Å². The summed E-state index contributed by atoms with van der Waals surface area (Å²) < 4.78 is 4.36. The average Bonchev–Trinajstić information content (AvgIpc) is 2.17. The first kappa shape index (κ1) is 10.9. The minimum absolute atomic E-state index is 0.0202. The van der Waals surface area contributed by atoms with Gasteiger partial charge in [-0.05, 0) is 0 Å². The van der Waals surface area contributed by atoms with Gasteiger partial charge in [-0.15, -0.1) is 0 Å². The topological polar surface area (TPSA) is 103 Å². The summed E-state index contributed by atoms with van der Waals surface area (Å²) in [5, 5.41) is 19.8. The van der Waals surface area contributed by atoms with Crippen LogP contribution in [-0.2, 0) is 16.0 Å². The van der Waals surface area contributed by atoms with E-state index >= 15 is 0 Å². The molecule has 0 aromatic carbocycles. The number of nitro groups is 1. The largest absolute Gasteiger partial charge is 0.501 e. The van der Waals surface area contributed by atoms with Crippen LogP contribution < -0.4 is 0 Å². The normalized spacial score (nSPS) is 9.67. The maximum Gasteiger partial charge on any atom is 0.317 e. The number of carbonyl (C=O) groups excluding carboxylic acids is 1. The molecule has 0 aliphatic rings. The summed E-state index contributed by atoms with van der Waals surface area (Å²) in [6, 6.07) is 0. The van der Waals surface area contributed by atoms with Crippen molar-refractivity contribution >= 4 is 11.7 Å². The Balaban J connectivity index is 3.11. The summed E-state index contributed by atoms with van der Waals surface area (Å²) >= 11 is 0. The molecule has 0 aliphatic heterocycles. The van der Waals surface area contributed by atoms with E-state index in [0.29, 0.717) is 0 Å². The standard InChI is InChI=1S/C8H8N2O5/c1-15-7(12)2-5-3-9-4-6(11)8(5)10(13)14/h3-4,11H,2H2,1H3. The molecule has 0 saturated carbocycles. The fraction of sp³-hybridized carbons (Fsp3) is 0.250. The van der Waals surface area contributed by atoms with Crippen LogP contribution in [0.2, 0.25) is 0 Å². The van der Waals surface area contributed by atoms with E-state index in [-0.39, 0.29) is 12.0 Å². The fourth-order valence-corrected chi connectivity index (χ4v) is 1.05. The lowest BCUT2D eigenvalue weighted by Gasteiger charge is -2.02. The van der Waals surface area contributed by atoms with Gasteiger partial charge in [0, 0.05) is 6.20 Å². The molecule has 1 heterocycles. The Morgan fingerprint density at radius 3 is 2.87 bits per heavy atom. The third-order valence-electron chi connectivity index (χ3n) is 1.72. The summed E-state index contributed by atoms with van der Waals surface area (Å²) in [5.41, 5.74) is -0.498. The molecule has 1 N–H and O–H groups in total. The van der Waals surface area contributed by atoms with Gasteiger partial charge in [-0.3, -0.25) is 19.9 Å². The van der Waals surface area contributed by atoms with Crippen molar-refractivity contribution in [2.75, 3.05) is 7.11 Å². The molecule has 0 spiro atoms. The van der Waals surface area contributed by atoms with E-state index in [1.807, 2.05) is 0 Å². The number of rotatable bonds is 3. The number of carbonyl (C=O) groups is 1. The number of methoxy groups -OCH3 is 1. The summed E-state index contributed by atoms with van der Waals surface area (Å²) in [5.74, 6) is -1.20. The average molecular weight is 212 g/mol. The van der Waals surface area contributed by atoms with E-state index in [0.717, 1.165) is 12.4 Å². The Morgan fingerprint density at radius 2 is 2.33 bits per heavy atom. The van der Waals surface area contributed by atoms with Crippen molar-refractivity contribution in [3.05, 3.63) is 28.1 Å². The summed E-state index contributed by atoms with van der Waals surface area (Å²) in [4.78, 5) is 24.3. The monoisotopic (exact) mass is 212 g/mol. The molecular formula is C8H8N2O5. The van der Waals surface area contributed by atoms with Crippen LogP contribution in [0.3, 0.4) is 0 Å². The molecule has 1 aromatic rings. The third-order valence-corrected chi connectivity index (χ3v) is 1.72. The zero-order valence-electron chi connectivity index (χ0n) is 7.84. The maximum absolute atomic E-state index is 10.9. The molecule has 0 atom stereocenters. The highest BCUT2D eigenvalue weighted by Crippen LogP contribution is 2.28. The van der Waals surface area contributed by atoms with Gasteiger partial charge >= 0.3 is 11.7 Å². The third kappa shape index (κ3) is 2.39. The number of aromatic nitrogens is 1. The molecule has 15 heavy (non-hydrogen) atoms. The molecule has 1 aromatic heterocycles. The van der Waals surface area contributed by atoms with Crippen molar-refractivity contribution in [1.82, 2.24) is 4.98 Å². The minimum atomic E-state index is -0.769. The van der Waals surface area contributed by atoms with Crippen LogP contribution in [-0.4, -0.2) is 28.1 Å². The van der Waals surface area contributed by atoms with Crippen molar-refractivity contribution < 1.29 is 19.6 Å². The summed E-state index contributed by atoms with van der Waals surface area (Å²) in [6.45, 7) is 0. The van der Waals surface area contributed by atoms with Gasteiger partial charge in [0.15, 0.2) is 0 Å². The molecule has 0 saturated heterocycles. The van der Waals surface area contributed by atoms with Gasteiger partial charge in [0.2, 0.25) is 5.75 Å². The van der Waals surface area contributed by atoms with Crippen LogP contribution in [0.1, 0.15) is 5.56 Å². The predicted octanol–water partition coefficient (Wildman–Crippen LogP) is 0.411. The fourth-order valence-electron chi connectivity index (χ4n) is 1.05. The Bertz CT molecular complexity index is 404. The van der Waals surface area contributed by atoms with Gasteiger partial charge in [0.25, 0.3) is 0 Å². The molecule has 0 unspecified atom stereocenters. The van der Waals surface area contributed by atoms with Crippen LogP contribution in [0, 0.1) is 10.1 Å². The molecule has 0 fully saturated rings. The Labute approximate surface area is 84.5 Å². The number of esters is 1. The summed E-state index contributed by atoms with van der Waals surface area (Å²) in [7, 11) is 1.17. The highest BCUT2D eigenvalue weighted by Gasteiger charge is 2.21. The second-order valence-electron chi connectivity index (χ2n) is 2.68.